The summed E-state index contributed by atoms with van der Waals surface area (Å²) in [5.41, 5.74) is 17.3. The van der Waals surface area contributed by atoms with E-state index in [1.807, 2.05) is 22.7 Å². The predicted molar refractivity (Wildman–Crippen MR) is 321 cm³/mol. The van der Waals surface area contributed by atoms with Gasteiger partial charge in [-0.15, -0.1) is 22.7 Å². The topological polar surface area (TPSA) is 30.1 Å². The van der Waals surface area contributed by atoms with Gasteiger partial charge in [0.05, 0.1) is 5.52 Å². The molecular weight excluding hydrogens is 936 g/mol. The SMILES string of the molecule is CC(C)(C)c1ccc(Nc2cc3sc4cc5c(cc4c3cc2-c2ccc3c4cc6sc7ccccc7c6cc4n4c3c2[B]c2cc3c(-c6ccccc6)oc(-c6ccccc6)c3cc2-4)C(C)(C)CCC5(C)C)cc1. The zero-order chi connectivity index (χ0) is 50.0. The van der Waals surface area contributed by atoms with Crippen molar-refractivity contribution in [2.45, 2.75) is 77.6 Å². The molecule has 0 unspecified atom stereocenters. The lowest BCUT2D eigenvalue weighted by Gasteiger charge is -2.41. The van der Waals surface area contributed by atoms with Gasteiger partial charge in [-0.25, -0.2) is 0 Å². The van der Waals surface area contributed by atoms with Gasteiger partial charge in [-0.05, 0) is 117 Å². The molecule has 0 amide bonds. The highest BCUT2D eigenvalue weighted by atomic mass is 32.1. The molecule has 4 aromatic heterocycles. The van der Waals surface area contributed by atoms with Crippen LogP contribution in [0.3, 0.4) is 0 Å². The number of fused-ring (bicyclic) bond motifs is 13. The second-order valence-electron chi connectivity index (χ2n) is 23.4. The van der Waals surface area contributed by atoms with Crippen molar-refractivity contribution in [2.24, 2.45) is 0 Å². The minimum Gasteiger partial charge on any atom is -0.455 e. The molecular formula is C68H54BN2OS2. The molecule has 13 aromatic rings. The molecule has 0 saturated carbocycles. The molecule has 357 valence electrons. The van der Waals surface area contributed by atoms with Gasteiger partial charge in [0.15, 0.2) is 7.28 Å². The number of nitrogens with zero attached hydrogens (tertiary/aromatic N) is 1. The minimum atomic E-state index is 0.0554. The lowest BCUT2D eigenvalue weighted by Crippen LogP contribution is -2.37. The number of benzene rings is 9. The van der Waals surface area contributed by atoms with Crippen molar-refractivity contribution in [3.05, 3.63) is 187 Å². The first-order valence-corrected chi connectivity index (χ1v) is 27.8. The van der Waals surface area contributed by atoms with E-state index in [0.717, 1.165) is 55.9 Å². The molecule has 1 N–H and O–H groups in total. The molecule has 15 rings (SSSR count). The molecule has 2 aliphatic rings. The number of furan rings is 1. The lowest BCUT2D eigenvalue weighted by molar-refractivity contribution is 0.332. The van der Waals surface area contributed by atoms with Crippen LogP contribution in [0, 0.1) is 0 Å². The summed E-state index contributed by atoms with van der Waals surface area (Å²) < 4.78 is 14.9. The molecule has 0 fully saturated rings. The quantitative estimate of drug-likeness (QED) is 0.174. The Morgan fingerprint density at radius 3 is 1.84 bits per heavy atom. The summed E-state index contributed by atoms with van der Waals surface area (Å²) in [6.45, 7) is 16.6. The van der Waals surface area contributed by atoms with Gasteiger partial charge in [0.2, 0.25) is 0 Å². The zero-order valence-corrected chi connectivity index (χ0v) is 44.5. The van der Waals surface area contributed by atoms with Gasteiger partial charge in [0.1, 0.15) is 11.5 Å². The minimum absolute atomic E-state index is 0.0554. The van der Waals surface area contributed by atoms with Crippen LogP contribution < -0.4 is 16.2 Å². The molecule has 6 heteroatoms. The fourth-order valence-corrected chi connectivity index (χ4v) is 14.9. The molecule has 0 spiro atoms. The van der Waals surface area contributed by atoms with Crippen molar-refractivity contribution >= 4 is 125 Å². The molecule has 1 aliphatic carbocycles. The average molecular weight is 990 g/mol. The summed E-state index contributed by atoms with van der Waals surface area (Å²) in [5, 5.41) is 14.0. The van der Waals surface area contributed by atoms with E-state index in [-0.39, 0.29) is 16.2 Å². The van der Waals surface area contributed by atoms with Crippen molar-refractivity contribution in [3.63, 3.8) is 0 Å². The second-order valence-corrected chi connectivity index (χ2v) is 25.6. The first kappa shape index (κ1) is 44.1. The Balaban J connectivity index is 1.03. The Labute approximate surface area is 440 Å². The molecule has 1 aliphatic heterocycles. The molecule has 9 aromatic carbocycles. The van der Waals surface area contributed by atoms with E-state index < -0.39 is 0 Å². The first-order valence-electron chi connectivity index (χ1n) is 26.2. The summed E-state index contributed by atoms with van der Waals surface area (Å²) in [4.78, 5) is 0. The Hall–Kier alpha value is -7.38. The fourth-order valence-electron chi connectivity index (χ4n) is 12.7. The van der Waals surface area contributed by atoms with E-state index >= 15 is 0 Å². The first-order chi connectivity index (χ1) is 35.8. The summed E-state index contributed by atoms with van der Waals surface area (Å²) in [7, 11) is 2.48. The summed E-state index contributed by atoms with van der Waals surface area (Å²) in [6, 6.07) is 63.8. The van der Waals surface area contributed by atoms with Crippen molar-refractivity contribution < 1.29 is 4.42 Å². The third-order valence-electron chi connectivity index (χ3n) is 16.8. The fraction of sp³-hybridized carbons (Fsp3) is 0.176. The van der Waals surface area contributed by atoms with Crippen LogP contribution in [-0.4, -0.2) is 11.8 Å². The van der Waals surface area contributed by atoms with Crippen LogP contribution in [0.1, 0.15) is 78.0 Å². The molecule has 74 heavy (non-hydrogen) atoms. The maximum atomic E-state index is 7.06. The van der Waals surface area contributed by atoms with E-state index in [2.05, 4.69) is 235 Å². The van der Waals surface area contributed by atoms with Gasteiger partial charge in [0, 0.05) is 101 Å². The standard InChI is InChI=1S/C68H54BN2OS2/c1-66(2,3)40-22-24-41(25-23-40)70-55-37-61-47(48-31-52-53(36-60(48)74-61)68(6,7)29-28-67(52,4)5)30-45(55)43-26-27-44-46-35-59-49(42-20-14-15-21-58(42)73-59)33-56(46)71-57-34-51-50(32-54(57)69-62(43)63(44)71)64(38-16-10-8-11-17-38)72-65(51)39-18-12-9-13-19-39/h8-27,30-37,70H,28-29H2,1-7H3. The van der Waals surface area contributed by atoms with Crippen molar-refractivity contribution in [1.82, 2.24) is 4.57 Å². The van der Waals surface area contributed by atoms with Crippen LogP contribution in [0.25, 0.3) is 112 Å². The summed E-state index contributed by atoms with van der Waals surface area (Å²) in [5.74, 6) is 1.77. The number of nitrogens with one attached hydrogen (secondary N) is 1. The van der Waals surface area contributed by atoms with Crippen molar-refractivity contribution in [3.8, 4) is 39.5 Å². The number of anilines is 2. The highest BCUT2D eigenvalue weighted by Gasteiger charge is 2.38. The van der Waals surface area contributed by atoms with Crippen molar-refractivity contribution in [2.75, 3.05) is 5.32 Å². The van der Waals surface area contributed by atoms with Gasteiger partial charge in [-0.2, -0.15) is 0 Å². The number of hydrogen-bond donors (Lipinski definition) is 1. The third kappa shape index (κ3) is 6.56. The van der Waals surface area contributed by atoms with Crippen LogP contribution >= 0.6 is 22.7 Å². The van der Waals surface area contributed by atoms with Gasteiger partial charge in [-0.1, -0.05) is 163 Å². The van der Waals surface area contributed by atoms with E-state index in [1.165, 1.54) is 108 Å². The van der Waals surface area contributed by atoms with E-state index in [9.17, 15) is 0 Å². The maximum Gasteiger partial charge on any atom is 0.197 e. The molecule has 0 atom stereocenters. The average Bonchev–Trinajstić information content (AvgIpc) is 4.20. The number of aromatic nitrogens is 1. The Bertz CT molecular complexity index is 4500. The van der Waals surface area contributed by atoms with Crippen molar-refractivity contribution in [1.29, 1.82) is 0 Å². The van der Waals surface area contributed by atoms with E-state index in [1.54, 1.807) is 0 Å². The van der Waals surface area contributed by atoms with Gasteiger partial charge in [-0.3, -0.25) is 0 Å². The number of hydrogen-bond acceptors (Lipinski definition) is 4. The molecule has 0 saturated heterocycles. The largest absolute Gasteiger partial charge is 0.455 e. The Kier molecular flexibility index (Phi) is 9.29. The number of rotatable bonds is 5. The summed E-state index contributed by atoms with van der Waals surface area (Å²) >= 11 is 3.82. The van der Waals surface area contributed by atoms with Crippen LogP contribution in [0.5, 0.6) is 0 Å². The van der Waals surface area contributed by atoms with Crippen LogP contribution in [0.2, 0.25) is 0 Å². The van der Waals surface area contributed by atoms with Gasteiger partial charge >= 0.3 is 0 Å². The molecule has 5 heterocycles. The predicted octanol–water partition coefficient (Wildman–Crippen LogP) is 18.6. The maximum absolute atomic E-state index is 7.06. The Morgan fingerprint density at radius 2 is 1.12 bits per heavy atom. The lowest BCUT2D eigenvalue weighted by atomic mass is 9.58. The molecule has 0 bridgehead atoms. The Morgan fingerprint density at radius 1 is 0.514 bits per heavy atom. The van der Waals surface area contributed by atoms with Gasteiger partial charge < -0.3 is 14.3 Å². The second kappa shape index (κ2) is 15.6. The smallest absolute Gasteiger partial charge is 0.197 e. The van der Waals surface area contributed by atoms with Gasteiger partial charge in [0.25, 0.3) is 0 Å². The normalized spacial score (nSPS) is 14.9. The monoisotopic (exact) mass is 989 g/mol. The highest BCUT2D eigenvalue weighted by Crippen LogP contribution is 2.51. The third-order valence-corrected chi connectivity index (χ3v) is 19.1. The highest BCUT2D eigenvalue weighted by molar-refractivity contribution is 7.26. The van der Waals surface area contributed by atoms with E-state index in [4.69, 9.17) is 4.42 Å². The number of thiophene rings is 2. The zero-order valence-electron chi connectivity index (χ0n) is 42.8. The summed E-state index contributed by atoms with van der Waals surface area (Å²) in [6.07, 6.45) is 2.38. The van der Waals surface area contributed by atoms with Crippen LogP contribution in [0.15, 0.2) is 174 Å². The van der Waals surface area contributed by atoms with Crippen LogP contribution in [-0.2, 0) is 16.2 Å². The van der Waals surface area contributed by atoms with E-state index in [0.29, 0.717) is 0 Å². The van der Waals surface area contributed by atoms with Crippen LogP contribution in [0.4, 0.5) is 11.4 Å². The molecule has 1 radical (unpaired) electrons. The molecule has 3 nitrogen and oxygen atoms in total.